The number of hydrogen-bond acceptors (Lipinski definition) is 3. The molecular formula is C13H27N3. The predicted molar refractivity (Wildman–Crippen MR) is 68.8 cm³/mol. The molecule has 0 unspecified atom stereocenters. The van der Waals surface area contributed by atoms with Crippen LogP contribution >= 0.6 is 0 Å². The largest absolute Gasteiger partial charge is 0.313 e. The first kappa shape index (κ1) is 12.3. The topological polar surface area (TPSA) is 18.5 Å². The number of nitrogens with one attached hydrogen (secondary N) is 1. The Kier molecular flexibility index (Phi) is 5.07. The summed E-state index contributed by atoms with van der Waals surface area (Å²) in [5, 5.41) is 3.59. The van der Waals surface area contributed by atoms with Crippen LogP contribution in [0.15, 0.2) is 0 Å². The first-order chi connectivity index (χ1) is 7.88. The second kappa shape index (κ2) is 6.58. The molecule has 2 fully saturated rings. The van der Waals surface area contributed by atoms with Gasteiger partial charge in [0.1, 0.15) is 0 Å². The van der Waals surface area contributed by atoms with Crippen LogP contribution in [-0.4, -0.2) is 61.7 Å². The van der Waals surface area contributed by atoms with E-state index in [0.29, 0.717) is 0 Å². The van der Waals surface area contributed by atoms with Crippen molar-refractivity contribution in [3.63, 3.8) is 0 Å². The molecule has 0 aromatic rings. The van der Waals surface area contributed by atoms with Crippen molar-refractivity contribution in [3.05, 3.63) is 0 Å². The quantitative estimate of drug-likeness (QED) is 0.757. The van der Waals surface area contributed by atoms with Crippen molar-refractivity contribution in [2.45, 2.75) is 38.6 Å². The Balaban J connectivity index is 1.60. The third-order valence-electron chi connectivity index (χ3n) is 3.93. The lowest BCUT2D eigenvalue weighted by molar-refractivity contribution is 0.124. The molecule has 0 aromatic carbocycles. The summed E-state index contributed by atoms with van der Waals surface area (Å²) >= 11 is 0. The van der Waals surface area contributed by atoms with E-state index >= 15 is 0 Å². The number of rotatable bonds is 5. The lowest BCUT2D eigenvalue weighted by Crippen LogP contribution is -2.49. The van der Waals surface area contributed by atoms with Crippen LogP contribution in [0.5, 0.6) is 0 Å². The van der Waals surface area contributed by atoms with E-state index in [0.717, 1.165) is 6.04 Å². The minimum atomic E-state index is 0.780. The molecule has 0 aliphatic carbocycles. The standard InChI is InChI=1S/C13H27N3/c1-2-3-7-15-8-10-16(11-9-15)12-13-5-4-6-14-13/h13-14H,2-12H2,1H3/t13-/m0/s1. The van der Waals surface area contributed by atoms with Crippen LogP contribution in [0.3, 0.4) is 0 Å². The smallest absolute Gasteiger partial charge is 0.0195 e. The van der Waals surface area contributed by atoms with Gasteiger partial charge < -0.3 is 10.2 Å². The molecule has 2 saturated heterocycles. The predicted octanol–water partition coefficient (Wildman–Crippen LogP) is 1.16. The Hall–Kier alpha value is -0.120. The van der Waals surface area contributed by atoms with Crippen LogP contribution in [0.4, 0.5) is 0 Å². The van der Waals surface area contributed by atoms with E-state index in [-0.39, 0.29) is 0 Å². The fourth-order valence-corrected chi connectivity index (χ4v) is 2.80. The summed E-state index contributed by atoms with van der Waals surface area (Å²) in [4.78, 5) is 5.27. The van der Waals surface area contributed by atoms with Gasteiger partial charge in [0, 0.05) is 38.8 Å². The third kappa shape index (κ3) is 3.72. The lowest BCUT2D eigenvalue weighted by atomic mass is 10.2. The van der Waals surface area contributed by atoms with Gasteiger partial charge in [-0.25, -0.2) is 0 Å². The van der Waals surface area contributed by atoms with Crippen LogP contribution in [0.1, 0.15) is 32.6 Å². The van der Waals surface area contributed by atoms with Crippen molar-refractivity contribution in [2.24, 2.45) is 0 Å². The number of piperazine rings is 1. The fourth-order valence-electron chi connectivity index (χ4n) is 2.80. The molecule has 0 spiro atoms. The van der Waals surface area contributed by atoms with Gasteiger partial charge in [-0.3, -0.25) is 4.90 Å². The second-order valence-corrected chi connectivity index (χ2v) is 5.29. The molecule has 94 valence electrons. The molecule has 2 heterocycles. The Morgan fingerprint density at radius 1 is 1.12 bits per heavy atom. The van der Waals surface area contributed by atoms with Gasteiger partial charge in [0.05, 0.1) is 0 Å². The molecule has 0 radical (unpaired) electrons. The maximum atomic E-state index is 3.59. The second-order valence-electron chi connectivity index (χ2n) is 5.29. The van der Waals surface area contributed by atoms with Crippen molar-refractivity contribution in [3.8, 4) is 0 Å². The Labute approximate surface area is 100 Å². The summed E-state index contributed by atoms with van der Waals surface area (Å²) < 4.78 is 0. The van der Waals surface area contributed by atoms with E-state index in [4.69, 9.17) is 0 Å². The van der Waals surface area contributed by atoms with Crippen LogP contribution in [-0.2, 0) is 0 Å². The van der Waals surface area contributed by atoms with E-state index in [1.54, 1.807) is 0 Å². The molecule has 3 nitrogen and oxygen atoms in total. The Bertz CT molecular complexity index is 182. The number of nitrogens with zero attached hydrogens (tertiary/aromatic N) is 2. The van der Waals surface area contributed by atoms with Gasteiger partial charge in [-0.15, -0.1) is 0 Å². The van der Waals surface area contributed by atoms with Crippen molar-refractivity contribution in [1.29, 1.82) is 0 Å². The van der Waals surface area contributed by atoms with Crippen LogP contribution in [0.2, 0.25) is 0 Å². The summed E-state index contributed by atoms with van der Waals surface area (Å²) in [6.45, 7) is 11.2. The van der Waals surface area contributed by atoms with E-state index < -0.39 is 0 Å². The molecular weight excluding hydrogens is 198 g/mol. The van der Waals surface area contributed by atoms with Gasteiger partial charge in [-0.1, -0.05) is 13.3 Å². The van der Waals surface area contributed by atoms with Gasteiger partial charge in [0.15, 0.2) is 0 Å². The Morgan fingerprint density at radius 2 is 1.88 bits per heavy atom. The van der Waals surface area contributed by atoms with Crippen molar-refractivity contribution >= 4 is 0 Å². The molecule has 0 saturated carbocycles. The average Bonchev–Trinajstić information content (AvgIpc) is 2.81. The van der Waals surface area contributed by atoms with Crippen LogP contribution < -0.4 is 5.32 Å². The molecule has 0 amide bonds. The summed E-state index contributed by atoms with van der Waals surface area (Å²) in [5.74, 6) is 0. The molecule has 2 rings (SSSR count). The first-order valence-corrected chi connectivity index (χ1v) is 7.06. The molecule has 0 aromatic heterocycles. The molecule has 16 heavy (non-hydrogen) atoms. The fraction of sp³-hybridized carbons (Fsp3) is 1.00. The third-order valence-corrected chi connectivity index (χ3v) is 3.93. The first-order valence-electron chi connectivity index (χ1n) is 7.06. The van der Waals surface area contributed by atoms with Crippen molar-refractivity contribution in [1.82, 2.24) is 15.1 Å². The van der Waals surface area contributed by atoms with E-state index in [1.807, 2.05) is 0 Å². The van der Waals surface area contributed by atoms with Gasteiger partial charge in [0.25, 0.3) is 0 Å². The van der Waals surface area contributed by atoms with E-state index in [9.17, 15) is 0 Å². The van der Waals surface area contributed by atoms with Gasteiger partial charge in [-0.05, 0) is 32.4 Å². The van der Waals surface area contributed by atoms with Gasteiger partial charge in [-0.2, -0.15) is 0 Å². The number of unbranched alkanes of at least 4 members (excludes halogenated alkanes) is 1. The van der Waals surface area contributed by atoms with E-state index in [1.165, 1.54) is 71.5 Å². The molecule has 2 aliphatic heterocycles. The SMILES string of the molecule is CCCCN1CCN(C[C@@H]2CCCN2)CC1. The molecule has 2 aliphatic rings. The molecule has 0 bridgehead atoms. The molecule has 1 N–H and O–H groups in total. The highest BCUT2D eigenvalue weighted by atomic mass is 15.3. The summed E-state index contributed by atoms with van der Waals surface area (Å²) in [5.41, 5.74) is 0. The highest BCUT2D eigenvalue weighted by Gasteiger charge is 2.21. The van der Waals surface area contributed by atoms with Crippen molar-refractivity contribution in [2.75, 3.05) is 45.8 Å². The zero-order valence-electron chi connectivity index (χ0n) is 10.7. The zero-order valence-corrected chi connectivity index (χ0v) is 10.7. The minimum Gasteiger partial charge on any atom is -0.313 e. The van der Waals surface area contributed by atoms with Crippen LogP contribution in [0, 0.1) is 0 Å². The maximum Gasteiger partial charge on any atom is 0.0195 e. The summed E-state index contributed by atoms with van der Waals surface area (Å²) in [7, 11) is 0. The summed E-state index contributed by atoms with van der Waals surface area (Å²) in [6.07, 6.45) is 5.45. The molecule has 3 heteroatoms. The monoisotopic (exact) mass is 225 g/mol. The Morgan fingerprint density at radius 3 is 2.50 bits per heavy atom. The van der Waals surface area contributed by atoms with Crippen LogP contribution in [0.25, 0.3) is 0 Å². The van der Waals surface area contributed by atoms with Crippen molar-refractivity contribution < 1.29 is 0 Å². The lowest BCUT2D eigenvalue weighted by Gasteiger charge is -2.35. The van der Waals surface area contributed by atoms with E-state index in [2.05, 4.69) is 22.0 Å². The average molecular weight is 225 g/mol. The van der Waals surface area contributed by atoms with Gasteiger partial charge >= 0.3 is 0 Å². The van der Waals surface area contributed by atoms with Gasteiger partial charge in [0.2, 0.25) is 0 Å². The zero-order chi connectivity index (χ0) is 11.2. The summed E-state index contributed by atoms with van der Waals surface area (Å²) in [6, 6.07) is 0.780. The highest BCUT2D eigenvalue weighted by Crippen LogP contribution is 2.09. The number of hydrogen-bond donors (Lipinski definition) is 1. The maximum absolute atomic E-state index is 3.59. The molecule has 1 atom stereocenters. The normalized spacial score (nSPS) is 28.7. The highest BCUT2D eigenvalue weighted by molar-refractivity contribution is 4.80. The minimum absolute atomic E-state index is 0.780.